The van der Waals surface area contributed by atoms with Crippen LogP contribution in [0.5, 0.6) is 5.88 Å². The van der Waals surface area contributed by atoms with Crippen LogP contribution in [0.25, 0.3) is 10.9 Å². The van der Waals surface area contributed by atoms with Crippen molar-refractivity contribution in [2.24, 2.45) is 0 Å². The van der Waals surface area contributed by atoms with Gasteiger partial charge < -0.3 is 10.1 Å². The van der Waals surface area contributed by atoms with Gasteiger partial charge in [0.2, 0.25) is 5.88 Å². The Labute approximate surface area is 159 Å². The van der Waals surface area contributed by atoms with Gasteiger partial charge in [-0.2, -0.15) is 13.2 Å². The first kappa shape index (κ1) is 19.6. The lowest BCUT2D eigenvalue weighted by molar-refractivity contribution is -0.154. The minimum Gasteiger partial charge on any atom is -0.468 e. The molecule has 0 saturated heterocycles. The van der Waals surface area contributed by atoms with Crippen molar-refractivity contribution in [2.75, 3.05) is 6.61 Å². The number of carbonyl (C=O) groups excluding carboxylic acids is 1. The molecule has 0 aliphatic carbocycles. The van der Waals surface area contributed by atoms with Gasteiger partial charge in [0.15, 0.2) is 6.61 Å². The molecule has 2 heterocycles. The maximum absolute atomic E-state index is 12.5. The smallest absolute Gasteiger partial charge is 0.422 e. The second kappa shape index (κ2) is 7.84. The summed E-state index contributed by atoms with van der Waals surface area (Å²) < 4.78 is 41.5. The van der Waals surface area contributed by atoms with E-state index in [1.807, 2.05) is 6.07 Å². The number of benzene rings is 1. The predicted octanol–water partition coefficient (Wildman–Crippen LogP) is 4.37. The van der Waals surface area contributed by atoms with E-state index in [0.717, 1.165) is 10.9 Å². The average Bonchev–Trinajstić information content (AvgIpc) is 2.65. The van der Waals surface area contributed by atoms with Gasteiger partial charge in [0.1, 0.15) is 0 Å². The summed E-state index contributed by atoms with van der Waals surface area (Å²) in [6.07, 6.45) is -1.35. The molecule has 5 nitrogen and oxygen atoms in total. The maximum Gasteiger partial charge on any atom is 0.422 e. The fraction of sp³-hybridized carbons (Fsp3) is 0.250. The molecule has 1 amide bonds. The van der Waals surface area contributed by atoms with Gasteiger partial charge in [-0.3, -0.25) is 9.78 Å². The first-order valence-electron chi connectivity index (χ1n) is 8.55. The SMILES string of the molecule is Cc1cc(C(C)NC(=O)c2ccc3ncccc3c2)cnc1OCC(F)(F)F. The monoisotopic (exact) mass is 389 g/mol. The molecule has 0 saturated carbocycles. The van der Waals surface area contributed by atoms with Crippen LogP contribution >= 0.6 is 0 Å². The predicted molar refractivity (Wildman–Crippen MR) is 98.1 cm³/mol. The van der Waals surface area contributed by atoms with Gasteiger partial charge in [-0.15, -0.1) is 0 Å². The topological polar surface area (TPSA) is 64.1 Å². The van der Waals surface area contributed by atoms with E-state index in [2.05, 4.69) is 15.3 Å². The minimum absolute atomic E-state index is 0.0818. The lowest BCUT2D eigenvalue weighted by Crippen LogP contribution is -2.27. The highest BCUT2D eigenvalue weighted by molar-refractivity contribution is 5.98. The normalized spacial score (nSPS) is 12.6. The van der Waals surface area contributed by atoms with Crippen LogP contribution in [-0.4, -0.2) is 28.7 Å². The Balaban J connectivity index is 1.70. The second-order valence-corrected chi connectivity index (χ2v) is 6.40. The van der Waals surface area contributed by atoms with Crippen molar-refractivity contribution in [1.82, 2.24) is 15.3 Å². The van der Waals surface area contributed by atoms with Crippen molar-refractivity contribution < 1.29 is 22.7 Å². The molecule has 8 heteroatoms. The van der Waals surface area contributed by atoms with E-state index in [4.69, 9.17) is 4.74 Å². The largest absolute Gasteiger partial charge is 0.468 e. The highest BCUT2D eigenvalue weighted by Gasteiger charge is 2.29. The number of carbonyl (C=O) groups is 1. The van der Waals surface area contributed by atoms with Crippen LogP contribution in [0.1, 0.15) is 34.5 Å². The van der Waals surface area contributed by atoms with Gasteiger partial charge in [-0.25, -0.2) is 4.98 Å². The third-order valence-corrected chi connectivity index (χ3v) is 4.14. The Morgan fingerprint density at radius 1 is 1.21 bits per heavy atom. The Bertz CT molecular complexity index is 1010. The van der Waals surface area contributed by atoms with Crippen LogP contribution in [0.2, 0.25) is 0 Å². The molecule has 0 aliphatic heterocycles. The molecular formula is C20H18F3N3O2. The fourth-order valence-corrected chi connectivity index (χ4v) is 2.70. The summed E-state index contributed by atoms with van der Waals surface area (Å²) in [5.74, 6) is -0.352. The van der Waals surface area contributed by atoms with Crippen molar-refractivity contribution in [3.8, 4) is 5.88 Å². The van der Waals surface area contributed by atoms with Gasteiger partial charge >= 0.3 is 6.18 Å². The molecule has 146 valence electrons. The first-order valence-corrected chi connectivity index (χ1v) is 8.55. The van der Waals surface area contributed by atoms with Gasteiger partial charge in [0, 0.05) is 28.9 Å². The second-order valence-electron chi connectivity index (χ2n) is 6.40. The zero-order valence-corrected chi connectivity index (χ0v) is 15.2. The van der Waals surface area contributed by atoms with Crippen LogP contribution in [-0.2, 0) is 0 Å². The summed E-state index contributed by atoms with van der Waals surface area (Å²) in [7, 11) is 0. The summed E-state index contributed by atoms with van der Waals surface area (Å²) in [4.78, 5) is 20.7. The number of ether oxygens (including phenoxy) is 1. The zero-order chi connectivity index (χ0) is 20.3. The Morgan fingerprint density at radius 2 is 2.00 bits per heavy atom. The number of aryl methyl sites for hydroxylation is 1. The highest BCUT2D eigenvalue weighted by atomic mass is 19.4. The summed E-state index contributed by atoms with van der Waals surface area (Å²) in [6.45, 7) is 1.98. The number of nitrogens with one attached hydrogen (secondary N) is 1. The van der Waals surface area contributed by atoms with E-state index in [1.54, 1.807) is 50.4 Å². The quantitative estimate of drug-likeness (QED) is 0.704. The van der Waals surface area contributed by atoms with Crippen molar-refractivity contribution in [1.29, 1.82) is 0 Å². The molecule has 28 heavy (non-hydrogen) atoms. The van der Waals surface area contributed by atoms with Crippen LogP contribution < -0.4 is 10.1 Å². The lowest BCUT2D eigenvalue weighted by atomic mass is 10.1. The molecule has 1 N–H and O–H groups in total. The molecule has 3 aromatic rings. The standard InChI is InChI=1S/C20H18F3N3O2/c1-12-8-16(10-25-19(12)28-11-20(21,22)23)13(2)26-18(27)15-5-6-17-14(9-15)4-3-7-24-17/h3-10,13H,11H2,1-2H3,(H,26,27). The molecule has 0 spiro atoms. The number of aromatic nitrogens is 2. The average molecular weight is 389 g/mol. The van der Waals surface area contributed by atoms with E-state index in [0.29, 0.717) is 16.7 Å². The molecular weight excluding hydrogens is 371 g/mol. The van der Waals surface area contributed by atoms with Gasteiger partial charge in [0.05, 0.1) is 11.6 Å². The van der Waals surface area contributed by atoms with Crippen LogP contribution in [0.4, 0.5) is 13.2 Å². The number of halogens is 3. The third kappa shape index (κ3) is 4.76. The lowest BCUT2D eigenvalue weighted by Gasteiger charge is -2.16. The van der Waals surface area contributed by atoms with E-state index < -0.39 is 12.8 Å². The van der Waals surface area contributed by atoms with E-state index in [9.17, 15) is 18.0 Å². The van der Waals surface area contributed by atoms with Crippen LogP contribution in [0.3, 0.4) is 0 Å². The third-order valence-electron chi connectivity index (χ3n) is 4.14. The van der Waals surface area contributed by atoms with Gasteiger partial charge in [-0.1, -0.05) is 6.07 Å². The fourth-order valence-electron chi connectivity index (χ4n) is 2.70. The van der Waals surface area contributed by atoms with Crippen molar-refractivity contribution in [3.05, 3.63) is 65.5 Å². The van der Waals surface area contributed by atoms with Crippen molar-refractivity contribution in [3.63, 3.8) is 0 Å². The number of alkyl halides is 3. The minimum atomic E-state index is -4.43. The molecule has 3 rings (SSSR count). The summed E-state index contributed by atoms with van der Waals surface area (Å²) in [6, 6.07) is 10.1. The van der Waals surface area contributed by atoms with E-state index >= 15 is 0 Å². The Kier molecular flexibility index (Phi) is 5.48. The number of hydrogen-bond donors (Lipinski definition) is 1. The van der Waals surface area contributed by atoms with E-state index in [1.165, 1.54) is 6.20 Å². The Hall–Kier alpha value is -3.16. The zero-order valence-electron chi connectivity index (χ0n) is 15.2. The van der Waals surface area contributed by atoms with Crippen molar-refractivity contribution >= 4 is 16.8 Å². The molecule has 2 aromatic heterocycles. The van der Waals surface area contributed by atoms with Gasteiger partial charge in [0.25, 0.3) is 5.91 Å². The number of fused-ring (bicyclic) bond motifs is 1. The number of rotatable bonds is 5. The number of amides is 1. The number of pyridine rings is 2. The maximum atomic E-state index is 12.5. The molecule has 0 radical (unpaired) electrons. The molecule has 1 unspecified atom stereocenters. The molecule has 0 bridgehead atoms. The van der Waals surface area contributed by atoms with Crippen LogP contribution in [0, 0.1) is 6.92 Å². The van der Waals surface area contributed by atoms with E-state index in [-0.39, 0.29) is 17.8 Å². The summed E-state index contributed by atoms with van der Waals surface area (Å²) >= 11 is 0. The molecule has 1 aromatic carbocycles. The molecule has 1 atom stereocenters. The Morgan fingerprint density at radius 3 is 2.71 bits per heavy atom. The number of nitrogens with zero attached hydrogens (tertiary/aromatic N) is 2. The molecule has 0 fully saturated rings. The highest BCUT2D eigenvalue weighted by Crippen LogP contribution is 2.23. The summed E-state index contributed by atoms with van der Waals surface area (Å²) in [5.41, 5.74) is 2.40. The van der Waals surface area contributed by atoms with Gasteiger partial charge in [-0.05, 0) is 49.7 Å². The summed E-state index contributed by atoms with van der Waals surface area (Å²) in [5, 5.41) is 3.71. The first-order chi connectivity index (χ1) is 13.2. The van der Waals surface area contributed by atoms with Crippen molar-refractivity contribution in [2.45, 2.75) is 26.1 Å². The molecule has 0 aliphatic rings. The number of hydrogen-bond acceptors (Lipinski definition) is 4. The van der Waals surface area contributed by atoms with Crippen LogP contribution in [0.15, 0.2) is 48.8 Å².